The zero-order valence-electron chi connectivity index (χ0n) is 46.6. The number of ether oxygens (including phenoxy) is 4. The number of benzene rings is 2. The molecule has 30 nitrogen and oxygen atoms in total. The van der Waals surface area contributed by atoms with Crippen LogP contribution in [0, 0.1) is 35.3 Å². The molecular formula is C53H70F2N12O18. The molecule has 3 saturated heterocycles. The number of imide groups is 1. The number of carboxylic acid groups (broad SMARTS) is 1. The number of nitrogens with zero attached hydrogens (tertiary/aromatic N) is 3. The van der Waals surface area contributed by atoms with Gasteiger partial charge in [-0.05, 0) is 79.6 Å². The van der Waals surface area contributed by atoms with Gasteiger partial charge in [0, 0.05) is 44.7 Å². The number of aliphatic hydroxyl groups excluding tert-OH is 4. The SMILES string of the molecule is CO[C@H]1[C@H](OC(C2C(=O)N(c3ccc(F)cc3)C(=O)C2CCCNC(=O)C(NC(=O)C(NC(=O)NC(C(=O)O)C(C)C)C2CCN=C(N)N2)C(O)C(C)C)[C@H]2O[C@@H](n3ccc(=O)[nH]c3=O)[C@H](O)[C@@H]2O)O[C@H](CNC(=O)Nc2ccc(F)cc2)[C@H]1O. The van der Waals surface area contributed by atoms with Gasteiger partial charge >= 0.3 is 23.7 Å². The van der Waals surface area contributed by atoms with Gasteiger partial charge in [0.1, 0.15) is 72.5 Å². The first kappa shape index (κ1) is 64.6. The highest BCUT2D eigenvalue weighted by molar-refractivity contribution is 6.22. The molecule has 0 aliphatic carbocycles. The number of H-pyrrole nitrogens is 1. The zero-order valence-corrected chi connectivity index (χ0v) is 46.6. The molecule has 32 heteroatoms. The fourth-order valence-corrected chi connectivity index (χ4v) is 10.4. The summed E-state index contributed by atoms with van der Waals surface area (Å²) in [4.78, 5) is 128. The number of aliphatic imine (C=N–C) groups is 1. The maximum absolute atomic E-state index is 15.1. The van der Waals surface area contributed by atoms with Crippen molar-refractivity contribution in [1.82, 2.24) is 41.5 Å². The molecule has 2 aromatic carbocycles. The highest BCUT2D eigenvalue weighted by Crippen LogP contribution is 2.43. The zero-order chi connectivity index (χ0) is 62.1. The molecule has 0 bridgehead atoms. The predicted octanol–water partition coefficient (Wildman–Crippen LogP) is -2.60. The second kappa shape index (κ2) is 28.3. The number of carbonyl (C=O) groups is 7. The summed E-state index contributed by atoms with van der Waals surface area (Å²) in [7, 11) is 1.16. The number of aliphatic carboxylic acids is 1. The van der Waals surface area contributed by atoms with Crippen LogP contribution in [0.2, 0.25) is 0 Å². The summed E-state index contributed by atoms with van der Waals surface area (Å²) < 4.78 is 53.0. The number of nitrogens with two attached hydrogens (primary N) is 1. The Morgan fingerprint density at radius 2 is 1.49 bits per heavy atom. The van der Waals surface area contributed by atoms with Crippen molar-refractivity contribution in [3.8, 4) is 0 Å². The Morgan fingerprint density at radius 1 is 0.824 bits per heavy atom. The number of nitrogens with one attached hydrogen (secondary N) is 8. The molecule has 16 atom stereocenters. The normalized spacial score (nSPS) is 26.6. The Kier molecular flexibility index (Phi) is 21.5. The Hall–Kier alpha value is -7.98. The highest BCUT2D eigenvalue weighted by Gasteiger charge is 2.60. The lowest BCUT2D eigenvalue weighted by atomic mass is 9.82. The van der Waals surface area contributed by atoms with Crippen LogP contribution >= 0.6 is 0 Å². The molecule has 3 fully saturated rings. The fraction of sp³-hybridized carbons (Fsp3) is 0.547. The molecule has 4 aliphatic rings. The van der Waals surface area contributed by atoms with Gasteiger partial charge in [0.15, 0.2) is 18.5 Å². The van der Waals surface area contributed by atoms with E-state index in [1.807, 2.05) is 4.98 Å². The predicted molar refractivity (Wildman–Crippen MR) is 292 cm³/mol. The number of aliphatic hydroxyl groups is 4. The summed E-state index contributed by atoms with van der Waals surface area (Å²) in [5, 5.41) is 73.7. The van der Waals surface area contributed by atoms with Gasteiger partial charge in [-0.25, -0.2) is 32.9 Å². The van der Waals surface area contributed by atoms with Crippen molar-refractivity contribution < 1.29 is 86.8 Å². The number of anilines is 2. The van der Waals surface area contributed by atoms with Crippen LogP contribution in [0.3, 0.4) is 0 Å². The largest absolute Gasteiger partial charge is 0.480 e. The van der Waals surface area contributed by atoms with Gasteiger partial charge in [-0.15, -0.1) is 0 Å². The van der Waals surface area contributed by atoms with Crippen LogP contribution in [0.15, 0.2) is 75.4 Å². The van der Waals surface area contributed by atoms with Gasteiger partial charge < -0.3 is 87.4 Å². The van der Waals surface area contributed by atoms with E-state index in [2.05, 4.69) is 42.2 Å². The molecule has 85 heavy (non-hydrogen) atoms. The first-order valence-electron chi connectivity index (χ1n) is 27.2. The number of aromatic nitrogens is 2. The minimum absolute atomic E-state index is 0.0756. The molecule has 8 unspecified atom stereocenters. The van der Waals surface area contributed by atoms with E-state index in [0.29, 0.717) is 0 Å². The Balaban J connectivity index is 1.16. The molecule has 8 amide bonds. The van der Waals surface area contributed by atoms with Gasteiger partial charge in [0.05, 0.1) is 29.7 Å². The quantitative estimate of drug-likeness (QED) is 0.0323. The van der Waals surface area contributed by atoms with E-state index in [1.165, 1.54) is 12.1 Å². The molecule has 4 aliphatic heterocycles. The number of amides is 8. The van der Waals surface area contributed by atoms with Gasteiger partial charge in [0.25, 0.3) is 5.56 Å². The lowest BCUT2D eigenvalue weighted by Gasteiger charge is -2.34. The number of aromatic amines is 1. The van der Waals surface area contributed by atoms with Crippen LogP contribution in [0.5, 0.6) is 0 Å². The van der Waals surface area contributed by atoms with Gasteiger partial charge in [-0.1, -0.05) is 27.7 Å². The minimum Gasteiger partial charge on any atom is -0.480 e. The van der Waals surface area contributed by atoms with Crippen molar-refractivity contribution in [1.29, 1.82) is 0 Å². The van der Waals surface area contributed by atoms with Crippen molar-refractivity contribution in [2.75, 3.05) is 37.0 Å². The maximum atomic E-state index is 15.1. The van der Waals surface area contributed by atoms with Crippen molar-refractivity contribution in [2.24, 2.45) is 34.4 Å². The van der Waals surface area contributed by atoms with Crippen LogP contribution in [0.4, 0.5) is 29.7 Å². The summed E-state index contributed by atoms with van der Waals surface area (Å²) in [6, 6.07) is 2.53. The van der Waals surface area contributed by atoms with Crippen LogP contribution in [0.1, 0.15) is 53.2 Å². The Morgan fingerprint density at radius 3 is 2.11 bits per heavy atom. The van der Waals surface area contributed by atoms with Gasteiger partial charge in [0.2, 0.25) is 23.6 Å². The molecule has 5 heterocycles. The van der Waals surface area contributed by atoms with E-state index in [4.69, 9.17) is 24.7 Å². The molecule has 0 saturated carbocycles. The van der Waals surface area contributed by atoms with Crippen molar-refractivity contribution >= 4 is 59.0 Å². The monoisotopic (exact) mass is 1200 g/mol. The third-order valence-corrected chi connectivity index (χ3v) is 14.9. The second-order valence-electron chi connectivity index (χ2n) is 21.4. The van der Waals surface area contributed by atoms with Crippen molar-refractivity contribution in [3.63, 3.8) is 0 Å². The summed E-state index contributed by atoms with van der Waals surface area (Å²) in [6.07, 6.45) is -16.8. The summed E-state index contributed by atoms with van der Waals surface area (Å²) in [5.74, 6) is -11.2. The molecule has 15 N–H and O–H groups in total. The van der Waals surface area contributed by atoms with E-state index >= 15 is 4.79 Å². The molecule has 0 spiro atoms. The van der Waals surface area contributed by atoms with Crippen LogP contribution < -0.4 is 59.1 Å². The average Bonchev–Trinajstić information content (AvgIpc) is 1.97. The number of halogens is 2. The Bertz CT molecular complexity index is 3050. The van der Waals surface area contributed by atoms with E-state index in [1.54, 1.807) is 27.7 Å². The number of carbonyl (C=O) groups excluding carboxylic acids is 6. The summed E-state index contributed by atoms with van der Waals surface area (Å²) in [6.45, 7) is 5.57. The van der Waals surface area contributed by atoms with E-state index in [-0.39, 0.29) is 49.7 Å². The second-order valence-corrected chi connectivity index (χ2v) is 21.4. The molecular weight excluding hydrogens is 1130 g/mol. The third kappa shape index (κ3) is 15.3. The highest BCUT2D eigenvalue weighted by atomic mass is 19.1. The standard InChI is InChI=1S/C53H70F2N12O18/c1-22(2)33(48(77)78)64-52(80)65-34(29-16-19-58-50(56)61-29)44(74)63-35(36(69)23(3)4)43(73)57-18-6-7-28-32(46(76)67(45(28)75)27-14-10-25(55)11-15-27)40(41-38(71)39(72)47(84-41)66-20-17-31(68)62-53(66)81)85-49-42(82-5)37(70)30(83-49)21-59-51(79)60-26-12-8-24(54)9-13-26/h8-15,17,20,22-23,28-30,32-42,47,49,69-72H,6-7,16,18-19,21H2,1-5H3,(H,57,73)(H,63,74)(H,77,78)(H3,56,58,61)(H2,59,60,79)(H,62,68,81)(H2,64,65,80)/t28?,29?,30-,32?,33?,34?,35?,36?,37-,38+,39-,40?,41+,42-,47-,49+/m1/s1. The fourth-order valence-electron chi connectivity index (χ4n) is 10.4. The number of hydrogen-bond donors (Lipinski definition) is 14. The van der Waals surface area contributed by atoms with Crippen molar-refractivity contribution in [2.45, 2.75) is 132 Å². The third-order valence-electron chi connectivity index (χ3n) is 14.9. The molecule has 0 radical (unpaired) electrons. The lowest BCUT2D eigenvalue weighted by molar-refractivity contribution is -0.236. The number of rotatable bonds is 24. The number of hydrogen-bond acceptors (Lipinski definition) is 20. The topological polar surface area (TPSA) is 438 Å². The number of carboxylic acids is 1. The first-order chi connectivity index (χ1) is 40.3. The van der Waals surface area contributed by atoms with Crippen LogP contribution in [-0.4, -0.2) is 189 Å². The summed E-state index contributed by atoms with van der Waals surface area (Å²) >= 11 is 0. The van der Waals surface area contributed by atoms with Gasteiger partial charge in [-0.3, -0.25) is 38.5 Å². The van der Waals surface area contributed by atoms with Crippen LogP contribution in [0.25, 0.3) is 0 Å². The first-order valence-corrected chi connectivity index (χ1v) is 27.2. The minimum atomic E-state index is -2.07. The van der Waals surface area contributed by atoms with E-state index < -0.39 is 180 Å². The molecule has 7 rings (SSSR count). The summed E-state index contributed by atoms with van der Waals surface area (Å²) in [5.41, 5.74) is 4.09. The number of methoxy groups -OCH3 is 1. The molecule has 464 valence electrons. The molecule has 3 aromatic rings. The number of urea groups is 2. The molecule has 1 aromatic heterocycles. The van der Waals surface area contributed by atoms with Crippen LogP contribution in [-0.2, 0) is 42.9 Å². The Labute approximate surface area is 483 Å². The smallest absolute Gasteiger partial charge is 0.330 e. The van der Waals surface area contributed by atoms with Gasteiger partial charge in [-0.2, -0.15) is 0 Å². The maximum Gasteiger partial charge on any atom is 0.330 e. The van der Waals surface area contributed by atoms with E-state index in [9.17, 15) is 72.7 Å². The lowest BCUT2D eigenvalue weighted by Crippen LogP contribution is -2.66. The van der Waals surface area contributed by atoms with Crippen molar-refractivity contribution in [3.05, 3.63) is 93.3 Å². The number of guanidine groups is 1. The van der Waals surface area contributed by atoms with E-state index in [0.717, 1.165) is 65.2 Å². The average molecular weight is 1200 g/mol.